The second-order valence-corrected chi connectivity index (χ2v) is 7.14. The third kappa shape index (κ3) is 4.18. The fourth-order valence-corrected chi connectivity index (χ4v) is 3.48. The van der Waals surface area contributed by atoms with Crippen molar-refractivity contribution < 1.29 is 23.9 Å². The molecule has 2 heterocycles. The zero-order chi connectivity index (χ0) is 22.7. The fourth-order valence-electron chi connectivity index (χ4n) is 3.48. The minimum absolute atomic E-state index is 0.0382. The first-order valence-electron chi connectivity index (χ1n) is 10.1. The number of amides is 2. The van der Waals surface area contributed by atoms with Gasteiger partial charge in [-0.1, -0.05) is 12.1 Å². The standard InChI is InChI=1S/C23H22N4O5/c1-3-32-23(30)15-4-8-16(9-5-15)25-22(29)19-12-20(28)26-21-18(13-24-27(19)21)14-6-10-17(31-2)11-7-14/h4-11,13,19H,3,12H2,1-2H3,(H,25,29)(H,26,28). The maximum absolute atomic E-state index is 13.0. The quantitative estimate of drug-likeness (QED) is 0.576. The van der Waals surface area contributed by atoms with Gasteiger partial charge in [0.15, 0.2) is 0 Å². The smallest absolute Gasteiger partial charge is 0.338 e. The van der Waals surface area contributed by atoms with E-state index in [-0.39, 0.29) is 24.8 Å². The largest absolute Gasteiger partial charge is 0.497 e. The van der Waals surface area contributed by atoms with Gasteiger partial charge in [0.2, 0.25) is 11.8 Å². The Bertz CT molecular complexity index is 1150. The molecule has 0 radical (unpaired) electrons. The van der Waals surface area contributed by atoms with E-state index in [0.717, 1.165) is 5.56 Å². The molecule has 1 unspecified atom stereocenters. The van der Waals surface area contributed by atoms with E-state index in [4.69, 9.17) is 9.47 Å². The van der Waals surface area contributed by atoms with E-state index in [1.807, 2.05) is 24.3 Å². The van der Waals surface area contributed by atoms with Crippen LogP contribution in [-0.2, 0) is 14.3 Å². The van der Waals surface area contributed by atoms with Crippen LogP contribution in [0.4, 0.5) is 11.5 Å². The number of ether oxygens (including phenoxy) is 2. The van der Waals surface area contributed by atoms with Crippen LogP contribution in [0.2, 0.25) is 0 Å². The van der Waals surface area contributed by atoms with Crippen molar-refractivity contribution >= 4 is 29.3 Å². The molecule has 2 N–H and O–H groups in total. The summed E-state index contributed by atoms with van der Waals surface area (Å²) in [4.78, 5) is 37.1. The number of methoxy groups -OCH3 is 1. The van der Waals surface area contributed by atoms with Gasteiger partial charge in [0.25, 0.3) is 0 Å². The van der Waals surface area contributed by atoms with Crippen molar-refractivity contribution in [3.8, 4) is 16.9 Å². The third-order valence-electron chi connectivity index (χ3n) is 5.09. The Kier molecular flexibility index (Phi) is 5.89. The molecule has 2 aromatic carbocycles. The average Bonchev–Trinajstić information content (AvgIpc) is 3.22. The second kappa shape index (κ2) is 8.93. The summed E-state index contributed by atoms with van der Waals surface area (Å²) >= 11 is 0. The molecule has 3 aromatic rings. The Balaban J connectivity index is 1.55. The fraction of sp³-hybridized carbons (Fsp3) is 0.217. The van der Waals surface area contributed by atoms with Crippen LogP contribution in [0.1, 0.15) is 29.7 Å². The predicted molar refractivity (Wildman–Crippen MR) is 118 cm³/mol. The molecule has 164 valence electrons. The number of hydrogen-bond acceptors (Lipinski definition) is 6. The van der Waals surface area contributed by atoms with Crippen LogP contribution in [0.25, 0.3) is 11.1 Å². The molecule has 0 bridgehead atoms. The first-order chi connectivity index (χ1) is 15.5. The summed E-state index contributed by atoms with van der Waals surface area (Å²) in [6.45, 7) is 2.02. The van der Waals surface area contributed by atoms with E-state index in [9.17, 15) is 14.4 Å². The van der Waals surface area contributed by atoms with Crippen molar-refractivity contribution in [3.63, 3.8) is 0 Å². The van der Waals surface area contributed by atoms with Gasteiger partial charge in [-0.05, 0) is 48.9 Å². The van der Waals surface area contributed by atoms with E-state index in [1.54, 1.807) is 44.5 Å². The summed E-state index contributed by atoms with van der Waals surface area (Å²) < 4.78 is 11.7. The van der Waals surface area contributed by atoms with Crippen molar-refractivity contribution in [2.75, 3.05) is 24.4 Å². The van der Waals surface area contributed by atoms with Crippen LogP contribution >= 0.6 is 0 Å². The Hall–Kier alpha value is -4.14. The van der Waals surface area contributed by atoms with Gasteiger partial charge >= 0.3 is 5.97 Å². The first kappa shape index (κ1) is 21.1. The van der Waals surface area contributed by atoms with Crippen molar-refractivity contribution in [3.05, 3.63) is 60.3 Å². The minimum atomic E-state index is -0.810. The monoisotopic (exact) mass is 434 g/mol. The summed E-state index contributed by atoms with van der Waals surface area (Å²) in [6.07, 6.45) is 1.58. The van der Waals surface area contributed by atoms with Crippen LogP contribution in [0.5, 0.6) is 5.75 Å². The number of carbonyl (C=O) groups excluding carboxylic acids is 3. The molecule has 1 aromatic heterocycles. The predicted octanol–water partition coefficient (Wildman–Crippen LogP) is 3.26. The Morgan fingerprint density at radius 3 is 2.53 bits per heavy atom. The molecule has 32 heavy (non-hydrogen) atoms. The first-order valence-corrected chi connectivity index (χ1v) is 10.1. The van der Waals surface area contributed by atoms with Gasteiger partial charge in [-0.15, -0.1) is 0 Å². The molecular weight excluding hydrogens is 412 g/mol. The molecule has 4 rings (SSSR count). The number of carbonyl (C=O) groups is 3. The summed E-state index contributed by atoms with van der Waals surface area (Å²) in [5, 5.41) is 9.96. The number of anilines is 2. The zero-order valence-corrected chi connectivity index (χ0v) is 17.6. The molecule has 9 heteroatoms. The summed E-state index contributed by atoms with van der Waals surface area (Å²) in [5.41, 5.74) is 2.43. The van der Waals surface area contributed by atoms with Gasteiger partial charge in [-0.25, -0.2) is 9.48 Å². The number of fused-ring (bicyclic) bond motifs is 1. The minimum Gasteiger partial charge on any atom is -0.497 e. The molecule has 1 atom stereocenters. The van der Waals surface area contributed by atoms with Gasteiger partial charge in [0.05, 0.1) is 31.9 Å². The van der Waals surface area contributed by atoms with Crippen LogP contribution < -0.4 is 15.4 Å². The number of aromatic nitrogens is 2. The van der Waals surface area contributed by atoms with Crippen molar-refractivity contribution in [2.24, 2.45) is 0 Å². The molecular formula is C23H22N4O5. The highest BCUT2D eigenvalue weighted by Gasteiger charge is 2.33. The molecule has 0 fully saturated rings. The van der Waals surface area contributed by atoms with E-state index in [2.05, 4.69) is 15.7 Å². The van der Waals surface area contributed by atoms with E-state index in [0.29, 0.717) is 28.4 Å². The number of rotatable bonds is 6. The molecule has 2 amide bonds. The molecule has 0 saturated heterocycles. The number of nitrogens with zero attached hydrogens (tertiary/aromatic N) is 2. The number of esters is 1. The maximum Gasteiger partial charge on any atom is 0.338 e. The Morgan fingerprint density at radius 1 is 1.16 bits per heavy atom. The lowest BCUT2D eigenvalue weighted by atomic mass is 10.1. The lowest BCUT2D eigenvalue weighted by Crippen LogP contribution is -2.35. The molecule has 1 aliphatic rings. The molecule has 0 spiro atoms. The van der Waals surface area contributed by atoms with Gasteiger partial charge < -0.3 is 20.1 Å². The SMILES string of the molecule is CCOC(=O)c1ccc(NC(=O)C2CC(=O)Nc3c(-c4ccc(OC)cc4)cnn32)cc1. The highest BCUT2D eigenvalue weighted by atomic mass is 16.5. The summed E-state index contributed by atoms with van der Waals surface area (Å²) in [6, 6.07) is 12.9. The zero-order valence-electron chi connectivity index (χ0n) is 17.6. The van der Waals surface area contributed by atoms with Gasteiger partial charge in [-0.2, -0.15) is 5.10 Å². The third-order valence-corrected chi connectivity index (χ3v) is 5.09. The lowest BCUT2D eigenvalue weighted by molar-refractivity contribution is -0.125. The highest BCUT2D eigenvalue weighted by molar-refractivity contribution is 6.03. The van der Waals surface area contributed by atoms with Gasteiger partial charge in [-0.3, -0.25) is 9.59 Å². The van der Waals surface area contributed by atoms with Crippen molar-refractivity contribution in [1.29, 1.82) is 0 Å². The van der Waals surface area contributed by atoms with Crippen molar-refractivity contribution in [1.82, 2.24) is 9.78 Å². The summed E-state index contributed by atoms with van der Waals surface area (Å²) in [7, 11) is 1.59. The Morgan fingerprint density at radius 2 is 1.88 bits per heavy atom. The molecule has 0 aliphatic carbocycles. The van der Waals surface area contributed by atoms with E-state index >= 15 is 0 Å². The van der Waals surface area contributed by atoms with Crippen LogP contribution in [0.3, 0.4) is 0 Å². The number of hydrogen-bond donors (Lipinski definition) is 2. The number of benzene rings is 2. The van der Waals surface area contributed by atoms with Crippen LogP contribution in [-0.4, -0.2) is 41.3 Å². The van der Waals surface area contributed by atoms with Gasteiger partial charge in [0.1, 0.15) is 17.6 Å². The van der Waals surface area contributed by atoms with E-state index in [1.165, 1.54) is 4.68 Å². The topological polar surface area (TPSA) is 112 Å². The number of nitrogens with one attached hydrogen (secondary N) is 2. The molecule has 1 aliphatic heterocycles. The molecule has 0 saturated carbocycles. The molecule has 9 nitrogen and oxygen atoms in total. The van der Waals surface area contributed by atoms with E-state index < -0.39 is 12.0 Å². The lowest BCUT2D eigenvalue weighted by Gasteiger charge is -2.24. The van der Waals surface area contributed by atoms with Crippen LogP contribution in [0.15, 0.2) is 54.7 Å². The van der Waals surface area contributed by atoms with Gasteiger partial charge in [0, 0.05) is 11.3 Å². The maximum atomic E-state index is 13.0. The normalized spacial score (nSPS) is 14.8. The second-order valence-electron chi connectivity index (χ2n) is 7.14. The van der Waals surface area contributed by atoms with Crippen molar-refractivity contribution in [2.45, 2.75) is 19.4 Å². The van der Waals surface area contributed by atoms with Crippen LogP contribution in [0, 0.1) is 0 Å². The summed E-state index contributed by atoms with van der Waals surface area (Å²) in [5.74, 6) is 0.0933. The highest BCUT2D eigenvalue weighted by Crippen LogP contribution is 2.35. The Labute approximate surface area is 184 Å². The average molecular weight is 434 g/mol.